The number of carbonyl (C=O) groups is 1. The van der Waals surface area contributed by atoms with Gasteiger partial charge in [0.1, 0.15) is 18.0 Å². The largest absolute Gasteiger partial charge is 0.497 e. The van der Waals surface area contributed by atoms with Gasteiger partial charge < -0.3 is 19.3 Å². The first-order valence-electron chi connectivity index (χ1n) is 10.7. The molecule has 0 bridgehead atoms. The van der Waals surface area contributed by atoms with Crippen LogP contribution in [0.2, 0.25) is 0 Å². The van der Waals surface area contributed by atoms with Gasteiger partial charge in [-0.2, -0.15) is 0 Å². The molecule has 3 aromatic carbocycles. The molecule has 1 fully saturated rings. The molecule has 0 atom stereocenters. The second-order valence-electron chi connectivity index (χ2n) is 7.81. The number of rotatable bonds is 7. The van der Waals surface area contributed by atoms with E-state index in [4.69, 9.17) is 9.47 Å². The van der Waals surface area contributed by atoms with Crippen LogP contribution in [0.15, 0.2) is 78.9 Å². The Bertz CT molecular complexity index is 981. The third-order valence-electron chi connectivity index (χ3n) is 5.76. The first kappa shape index (κ1) is 20.9. The number of hydrogen-bond donors (Lipinski definition) is 1. The van der Waals surface area contributed by atoms with Crippen LogP contribution < -0.4 is 14.4 Å². The standard InChI is InChI=1S/C26H28N2O3/c1-30-23-13-11-21(12-14-23)19-27-15-17-28(18-16-27)26(29)20-31-25-10-6-5-9-24(25)22-7-3-2-4-8-22/h2-14H,15-20H2,1H3/p+1. The van der Waals surface area contributed by atoms with Crippen LogP contribution in [0.3, 0.4) is 0 Å². The van der Waals surface area contributed by atoms with E-state index in [0.29, 0.717) is 0 Å². The fourth-order valence-corrected chi connectivity index (χ4v) is 3.96. The number of carbonyl (C=O) groups excluding carboxylic acids is 1. The Morgan fingerprint density at radius 3 is 2.29 bits per heavy atom. The van der Waals surface area contributed by atoms with E-state index in [1.165, 1.54) is 10.5 Å². The second kappa shape index (κ2) is 10.1. The lowest BCUT2D eigenvalue weighted by Crippen LogP contribution is -3.13. The molecule has 4 rings (SSSR count). The number of ether oxygens (including phenoxy) is 2. The lowest BCUT2D eigenvalue weighted by atomic mass is 10.1. The van der Waals surface area contributed by atoms with Crippen LogP contribution in [0.25, 0.3) is 11.1 Å². The first-order chi connectivity index (χ1) is 15.2. The maximum absolute atomic E-state index is 12.7. The number of para-hydroxylation sites is 1. The van der Waals surface area contributed by atoms with E-state index in [1.54, 1.807) is 7.11 Å². The zero-order chi connectivity index (χ0) is 21.5. The van der Waals surface area contributed by atoms with E-state index >= 15 is 0 Å². The summed E-state index contributed by atoms with van der Waals surface area (Å²) < 4.78 is 11.2. The van der Waals surface area contributed by atoms with E-state index in [9.17, 15) is 4.79 Å². The van der Waals surface area contributed by atoms with Crippen molar-refractivity contribution in [3.8, 4) is 22.6 Å². The van der Waals surface area contributed by atoms with E-state index < -0.39 is 0 Å². The van der Waals surface area contributed by atoms with Crippen LogP contribution in [0, 0.1) is 0 Å². The molecule has 1 aliphatic rings. The molecule has 5 nitrogen and oxygen atoms in total. The summed E-state index contributed by atoms with van der Waals surface area (Å²) in [5, 5.41) is 0. The zero-order valence-corrected chi connectivity index (χ0v) is 17.9. The number of nitrogens with zero attached hydrogens (tertiary/aromatic N) is 1. The minimum absolute atomic E-state index is 0.0476. The van der Waals surface area contributed by atoms with Gasteiger partial charge in [0.05, 0.1) is 33.3 Å². The number of methoxy groups -OCH3 is 1. The Balaban J connectivity index is 1.28. The molecule has 1 heterocycles. The maximum atomic E-state index is 12.7. The average molecular weight is 418 g/mol. The predicted octanol–water partition coefficient (Wildman–Crippen LogP) is 2.67. The maximum Gasteiger partial charge on any atom is 0.260 e. The highest BCUT2D eigenvalue weighted by molar-refractivity contribution is 5.78. The predicted molar refractivity (Wildman–Crippen MR) is 121 cm³/mol. The lowest BCUT2D eigenvalue weighted by Gasteiger charge is -2.32. The van der Waals surface area contributed by atoms with Crippen molar-refractivity contribution in [2.24, 2.45) is 0 Å². The van der Waals surface area contributed by atoms with Gasteiger partial charge in [-0.1, -0.05) is 48.5 Å². The molecule has 0 aromatic heterocycles. The molecule has 0 saturated carbocycles. The molecule has 0 aliphatic carbocycles. The summed E-state index contributed by atoms with van der Waals surface area (Å²) in [4.78, 5) is 16.1. The molecule has 31 heavy (non-hydrogen) atoms. The molecule has 5 heteroatoms. The van der Waals surface area contributed by atoms with Crippen LogP contribution in [0.5, 0.6) is 11.5 Å². The van der Waals surface area contributed by atoms with Gasteiger partial charge in [-0.15, -0.1) is 0 Å². The SMILES string of the molecule is COc1ccc(C[NH+]2CCN(C(=O)COc3ccccc3-c3ccccc3)CC2)cc1. The van der Waals surface area contributed by atoms with Crippen molar-refractivity contribution in [3.05, 3.63) is 84.4 Å². The van der Waals surface area contributed by atoms with Gasteiger partial charge in [0, 0.05) is 11.1 Å². The summed E-state index contributed by atoms with van der Waals surface area (Å²) >= 11 is 0. The normalized spacial score (nSPS) is 14.3. The summed E-state index contributed by atoms with van der Waals surface area (Å²) in [5.41, 5.74) is 3.38. The molecule has 0 radical (unpaired) electrons. The van der Waals surface area contributed by atoms with Crippen LogP contribution in [-0.4, -0.2) is 50.7 Å². The second-order valence-corrected chi connectivity index (χ2v) is 7.81. The average Bonchev–Trinajstić information content (AvgIpc) is 2.84. The van der Waals surface area contributed by atoms with Gasteiger partial charge in [-0.3, -0.25) is 4.79 Å². The lowest BCUT2D eigenvalue weighted by molar-refractivity contribution is -0.917. The summed E-state index contributed by atoms with van der Waals surface area (Å²) in [5.74, 6) is 1.67. The molecule has 1 saturated heterocycles. The van der Waals surface area contributed by atoms with Gasteiger partial charge in [-0.05, 0) is 35.9 Å². The summed E-state index contributed by atoms with van der Waals surface area (Å²) in [6.45, 7) is 4.43. The van der Waals surface area contributed by atoms with Crippen molar-refractivity contribution in [2.75, 3.05) is 39.9 Å². The number of quaternary nitrogens is 1. The summed E-state index contributed by atoms with van der Waals surface area (Å²) in [7, 11) is 1.68. The van der Waals surface area contributed by atoms with Gasteiger partial charge in [-0.25, -0.2) is 0 Å². The Hall–Kier alpha value is -3.31. The van der Waals surface area contributed by atoms with Crippen LogP contribution in [0.4, 0.5) is 0 Å². The molecule has 0 spiro atoms. The quantitative estimate of drug-likeness (QED) is 0.643. The van der Waals surface area contributed by atoms with Crippen molar-refractivity contribution in [3.63, 3.8) is 0 Å². The van der Waals surface area contributed by atoms with Gasteiger partial charge in [0.25, 0.3) is 5.91 Å². The molecular weight excluding hydrogens is 388 g/mol. The van der Waals surface area contributed by atoms with Gasteiger partial charge >= 0.3 is 0 Å². The molecule has 160 valence electrons. The number of hydrogen-bond acceptors (Lipinski definition) is 3. The number of nitrogens with one attached hydrogen (secondary N) is 1. The summed E-state index contributed by atoms with van der Waals surface area (Å²) in [6, 6.07) is 26.2. The van der Waals surface area contributed by atoms with Crippen molar-refractivity contribution < 1.29 is 19.2 Å². The monoisotopic (exact) mass is 417 g/mol. The van der Waals surface area contributed by atoms with E-state index in [2.05, 4.69) is 24.3 Å². The van der Waals surface area contributed by atoms with E-state index in [0.717, 1.165) is 55.3 Å². The Morgan fingerprint density at radius 1 is 0.903 bits per heavy atom. The highest BCUT2D eigenvalue weighted by Crippen LogP contribution is 2.29. The Morgan fingerprint density at radius 2 is 1.58 bits per heavy atom. The van der Waals surface area contributed by atoms with Crippen LogP contribution in [0.1, 0.15) is 5.56 Å². The van der Waals surface area contributed by atoms with Crippen molar-refractivity contribution >= 4 is 5.91 Å². The molecular formula is C26H29N2O3+. The van der Waals surface area contributed by atoms with Crippen LogP contribution in [-0.2, 0) is 11.3 Å². The summed E-state index contributed by atoms with van der Waals surface area (Å²) in [6.07, 6.45) is 0. The fraction of sp³-hybridized carbons (Fsp3) is 0.269. The fourth-order valence-electron chi connectivity index (χ4n) is 3.96. The highest BCUT2D eigenvalue weighted by Gasteiger charge is 2.24. The van der Waals surface area contributed by atoms with Gasteiger partial charge in [0.2, 0.25) is 0 Å². The van der Waals surface area contributed by atoms with E-state index in [1.807, 2.05) is 59.5 Å². The minimum atomic E-state index is 0.0476. The topological polar surface area (TPSA) is 43.2 Å². The molecule has 1 aliphatic heterocycles. The molecule has 3 aromatic rings. The first-order valence-corrected chi connectivity index (χ1v) is 10.7. The van der Waals surface area contributed by atoms with E-state index in [-0.39, 0.29) is 12.5 Å². The van der Waals surface area contributed by atoms with Crippen molar-refractivity contribution in [2.45, 2.75) is 6.54 Å². The Kier molecular flexibility index (Phi) is 6.85. The zero-order valence-electron chi connectivity index (χ0n) is 17.9. The number of piperazine rings is 1. The van der Waals surface area contributed by atoms with Crippen molar-refractivity contribution in [1.82, 2.24) is 4.90 Å². The number of amides is 1. The Labute approximate surface area is 183 Å². The smallest absolute Gasteiger partial charge is 0.260 e. The van der Waals surface area contributed by atoms with Crippen molar-refractivity contribution in [1.29, 1.82) is 0 Å². The molecule has 1 amide bonds. The number of benzene rings is 3. The third-order valence-corrected chi connectivity index (χ3v) is 5.76. The minimum Gasteiger partial charge on any atom is -0.497 e. The van der Waals surface area contributed by atoms with Gasteiger partial charge in [0.15, 0.2) is 6.61 Å². The van der Waals surface area contributed by atoms with Crippen LogP contribution >= 0.6 is 0 Å². The highest BCUT2D eigenvalue weighted by atomic mass is 16.5. The third kappa shape index (κ3) is 5.44. The molecule has 0 unspecified atom stereocenters. The molecule has 1 N–H and O–H groups in total.